The molecule has 178 valence electrons. The number of thioether (sulfide) groups is 1. The lowest BCUT2D eigenvalue weighted by Crippen LogP contribution is -2.33. The highest BCUT2D eigenvalue weighted by Gasteiger charge is 2.26. The second kappa shape index (κ2) is 11.2. The second-order valence-electron chi connectivity index (χ2n) is 7.79. The molecule has 1 heterocycles. The van der Waals surface area contributed by atoms with Gasteiger partial charge in [0.05, 0.1) is 27.9 Å². The Morgan fingerprint density at radius 2 is 1.76 bits per heavy atom. The zero-order valence-corrected chi connectivity index (χ0v) is 20.4. The Morgan fingerprint density at radius 1 is 1.09 bits per heavy atom. The van der Waals surface area contributed by atoms with Crippen molar-refractivity contribution in [3.63, 3.8) is 0 Å². The van der Waals surface area contributed by atoms with Crippen LogP contribution in [0.3, 0.4) is 0 Å². The lowest BCUT2D eigenvalue weighted by Gasteiger charge is -2.22. The average Bonchev–Trinajstić information content (AvgIpc) is 3.16. The summed E-state index contributed by atoms with van der Waals surface area (Å²) in [5, 5.41) is 24.0. The molecule has 34 heavy (non-hydrogen) atoms. The number of carboxylic acids is 1. The molecule has 3 rings (SSSR count). The maximum absolute atomic E-state index is 12.8. The molecule has 11 heteroatoms. The predicted octanol–water partition coefficient (Wildman–Crippen LogP) is 4.02. The van der Waals surface area contributed by atoms with E-state index in [9.17, 15) is 14.4 Å². The minimum atomic E-state index is -1.03. The number of hydrogen-bond acceptors (Lipinski definition) is 6. The maximum atomic E-state index is 12.8. The summed E-state index contributed by atoms with van der Waals surface area (Å²) in [4.78, 5) is 36.0. The van der Waals surface area contributed by atoms with E-state index < -0.39 is 12.0 Å². The van der Waals surface area contributed by atoms with Gasteiger partial charge in [-0.1, -0.05) is 49.3 Å². The predicted molar refractivity (Wildman–Crippen MR) is 130 cm³/mol. The summed E-state index contributed by atoms with van der Waals surface area (Å²) in [7, 11) is 1.78. The van der Waals surface area contributed by atoms with E-state index in [1.165, 1.54) is 36.0 Å². The molecule has 0 aliphatic rings. The number of rotatable bonds is 9. The van der Waals surface area contributed by atoms with Crippen molar-refractivity contribution in [3.8, 4) is 0 Å². The molecule has 0 fully saturated rings. The SMILES string of the molecule is CC(C)[C@@H](NC(=O)c1ccccc1Cl)c1nnc(SCC(=O)Nc2ccc(C(=O)O)cc2)n1C. The number of amides is 2. The molecule has 0 radical (unpaired) electrons. The molecule has 0 spiro atoms. The fourth-order valence-corrected chi connectivity index (χ4v) is 4.08. The molecule has 2 amide bonds. The molecule has 0 bridgehead atoms. The van der Waals surface area contributed by atoms with E-state index in [4.69, 9.17) is 16.7 Å². The minimum Gasteiger partial charge on any atom is -0.478 e. The number of nitrogens with zero attached hydrogens (tertiary/aromatic N) is 3. The minimum absolute atomic E-state index is 0.0178. The van der Waals surface area contributed by atoms with Crippen LogP contribution in [0.15, 0.2) is 53.7 Å². The average molecular weight is 502 g/mol. The standard InChI is InChI=1S/C23H24ClN5O4S/c1-13(2)19(26-21(31)16-6-4-5-7-17(16)24)20-27-28-23(29(20)3)34-12-18(30)25-15-10-8-14(9-11-15)22(32)33/h4-11,13,19H,12H2,1-3H3,(H,25,30)(H,26,31)(H,32,33)/t19-/m1/s1. The summed E-state index contributed by atoms with van der Waals surface area (Å²) < 4.78 is 1.75. The lowest BCUT2D eigenvalue weighted by atomic mass is 10.0. The van der Waals surface area contributed by atoms with Crippen LogP contribution in [0, 0.1) is 5.92 Å². The van der Waals surface area contributed by atoms with Crippen LogP contribution in [-0.4, -0.2) is 43.4 Å². The van der Waals surface area contributed by atoms with Gasteiger partial charge in [-0.3, -0.25) is 9.59 Å². The Hall–Kier alpha value is -3.37. The van der Waals surface area contributed by atoms with Gasteiger partial charge in [0.1, 0.15) is 0 Å². The number of carbonyl (C=O) groups excluding carboxylic acids is 2. The maximum Gasteiger partial charge on any atom is 0.335 e. The number of carbonyl (C=O) groups is 3. The van der Waals surface area contributed by atoms with E-state index >= 15 is 0 Å². The quantitative estimate of drug-likeness (QED) is 0.378. The molecule has 3 N–H and O–H groups in total. The summed E-state index contributed by atoms with van der Waals surface area (Å²) in [6.07, 6.45) is 0. The molecule has 9 nitrogen and oxygen atoms in total. The Labute approximate surface area is 205 Å². The van der Waals surface area contributed by atoms with Crippen molar-refractivity contribution in [2.45, 2.75) is 25.0 Å². The van der Waals surface area contributed by atoms with Crippen molar-refractivity contribution in [2.75, 3.05) is 11.1 Å². The van der Waals surface area contributed by atoms with E-state index in [1.54, 1.807) is 35.9 Å². The molecular weight excluding hydrogens is 478 g/mol. The van der Waals surface area contributed by atoms with Crippen molar-refractivity contribution in [1.82, 2.24) is 20.1 Å². The van der Waals surface area contributed by atoms with E-state index in [-0.39, 0.29) is 29.0 Å². The number of hydrogen-bond donors (Lipinski definition) is 3. The van der Waals surface area contributed by atoms with Gasteiger partial charge in [0, 0.05) is 12.7 Å². The van der Waals surface area contributed by atoms with Crippen LogP contribution in [0.4, 0.5) is 5.69 Å². The van der Waals surface area contributed by atoms with Crippen molar-refractivity contribution in [2.24, 2.45) is 13.0 Å². The Morgan fingerprint density at radius 3 is 2.38 bits per heavy atom. The third-order valence-electron chi connectivity index (χ3n) is 4.97. The molecule has 0 aliphatic heterocycles. The largest absolute Gasteiger partial charge is 0.478 e. The molecule has 0 aliphatic carbocycles. The van der Waals surface area contributed by atoms with Gasteiger partial charge >= 0.3 is 5.97 Å². The molecular formula is C23H24ClN5O4S. The van der Waals surface area contributed by atoms with Crippen LogP contribution in [0.1, 0.15) is 46.4 Å². The third-order valence-corrected chi connectivity index (χ3v) is 6.32. The topological polar surface area (TPSA) is 126 Å². The summed E-state index contributed by atoms with van der Waals surface area (Å²) in [6, 6.07) is 12.3. The molecule has 1 atom stereocenters. The number of halogens is 1. The normalized spacial score (nSPS) is 11.8. The number of nitrogens with one attached hydrogen (secondary N) is 2. The fourth-order valence-electron chi connectivity index (χ4n) is 3.14. The number of aromatic nitrogens is 3. The molecule has 0 unspecified atom stereocenters. The molecule has 3 aromatic rings. The number of aromatic carboxylic acids is 1. The molecule has 2 aromatic carbocycles. The van der Waals surface area contributed by atoms with Gasteiger partial charge in [-0.05, 0) is 42.3 Å². The summed E-state index contributed by atoms with van der Waals surface area (Å²) in [5.41, 5.74) is 1.01. The Bertz CT molecular complexity index is 1200. The van der Waals surface area contributed by atoms with E-state index in [0.717, 1.165) is 0 Å². The van der Waals surface area contributed by atoms with Gasteiger partial charge < -0.3 is 20.3 Å². The van der Waals surface area contributed by atoms with Crippen LogP contribution < -0.4 is 10.6 Å². The van der Waals surface area contributed by atoms with Gasteiger partial charge in [0.15, 0.2) is 11.0 Å². The highest BCUT2D eigenvalue weighted by molar-refractivity contribution is 7.99. The van der Waals surface area contributed by atoms with Gasteiger partial charge in [-0.25, -0.2) is 4.79 Å². The van der Waals surface area contributed by atoms with Crippen molar-refractivity contribution in [1.29, 1.82) is 0 Å². The Balaban J connectivity index is 1.65. The van der Waals surface area contributed by atoms with Crippen molar-refractivity contribution < 1.29 is 19.5 Å². The van der Waals surface area contributed by atoms with Crippen LogP contribution in [0.5, 0.6) is 0 Å². The van der Waals surface area contributed by atoms with E-state index in [0.29, 0.717) is 27.3 Å². The van der Waals surface area contributed by atoms with Gasteiger partial charge in [0.25, 0.3) is 5.91 Å². The van der Waals surface area contributed by atoms with Gasteiger partial charge in [-0.15, -0.1) is 10.2 Å². The highest BCUT2D eigenvalue weighted by atomic mass is 35.5. The highest BCUT2D eigenvalue weighted by Crippen LogP contribution is 2.25. The van der Waals surface area contributed by atoms with Gasteiger partial charge in [0.2, 0.25) is 5.91 Å². The zero-order chi connectivity index (χ0) is 24.8. The second-order valence-corrected chi connectivity index (χ2v) is 9.14. The first-order valence-electron chi connectivity index (χ1n) is 10.4. The number of carboxylic acid groups (broad SMARTS) is 1. The van der Waals surface area contributed by atoms with Gasteiger partial charge in [-0.2, -0.15) is 0 Å². The monoisotopic (exact) mass is 501 g/mol. The number of anilines is 1. The van der Waals surface area contributed by atoms with Crippen LogP contribution >= 0.6 is 23.4 Å². The molecule has 0 saturated heterocycles. The fraction of sp³-hybridized carbons (Fsp3) is 0.261. The van der Waals surface area contributed by atoms with E-state index in [2.05, 4.69) is 20.8 Å². The van der Waals surface area contributed by atoms with E-state index in [1.807, 2.05) is 13.8 Å². The first-order valence-corrected chi connectivity index (χ1v) is 11.7. The first kappa shape index (κ1) is 25.3. The smallest absolute Gasteiger partial charge is 0.335 e. The summed E-state index contributed by atoms with van der Waals surface area (Å²) in [6.45, 7) is 3.92. The zero-order valence-electron chi connectivity index (χ0n) is 18.8. The van der Waals surface area contributed by atoms with Crippen LogP contribution in [0.25, 0.3) is 0 Å². The third kappa shape index (κ3) is 6.15. The molecule has 0 saturated carbocycles. The lowest BCUT2D eigenvalue weighted by molar-refractivity contribution is -0.113. The number of benzene rings is 2. The Kier molecular flexibility index (Phi) is 8.30. The summed E-state index contributed by atoms with van der Waals surface area (Å²) in [5.74, 6) is -0.966. The van der Waals surface area contributed by atoms with Crippen LogP contribution in [-0.2, 0) is 11.8 Å². The van der Waals surface area contributed by atoms with Crippen molar-refractivity contribution >= 4 is 46.8 Å². The van der Waals surface area contributed by atoms with Crippen LogP contribution in [0.2, 0.25) is 5.02 Å². The first-order chi connectivity index (χ1) is 16.2. The summed E-state index contributed by atoms with van der Waals surface area (Å²) >= 11 is 7.35. The molecule has 1 aromatic heterocycles. The van der Waals surface area contributed by atoms with Crippen molar-refractivity contribution in [3.05, 3.63) is 70.5 Å².